The van der Waals surface area contributed by atoms with E-state index in [1.165, 1.54) is 19.3 Å². The maximum Gasteiger partial charge on any atom is 0.127 e. The van der Waals surface area contributed by atoms with Gasteiger partial charge in [0.05, 0.1) is 6.61 Å². The average Bonchev–Trinajstić information content (AvgIpc) is 2.57. The van der Waals surface area contributed by atoms with Crippen LogP contribution in [0.2, 0.25) is 0 Å². The Morgan fingerprint density at radius 1 is 1.09 bits per heavy atom. The Labute approximate surface area is 134 Å². The van der Waals surface area contributed by atoms with Crippen molar-refractivity contribution in [2.24, 2.45) is 5.92 Å². The van der Waals surface area contributed by atoms with Crippen LogP contribution >= 0.6 is 0 Å². The molecule has 120 valence electrons. The molecule has 0 amide bonds. The molecular formula is C20H28O2. The number of rotatable bonds is 8. The predicted octanol–water partition coefficient (Wildman–Crippen LogP) is 5.70. The molecule has 22 heavy (non-hydrogen) atoms. The summed E-state index contributed by atoms with van der Waals surface area (Å²) in [6.45, 7) is 7.28. The molecule has 0 aliphatic heterocycles. The molecule has 0 aliphatic rings. The number of phenols is 1. The summed E-state index contributed by atoms with van der Waals surface area (Å²) >= 11 is 0. The van der Waals surface area contributed by atoms with E-state index in [-0.39, 0.29) is 0 Å². The molecule has 1 unspecified atom stereocenters. The van der Waals surface area contributed by atoms with Crippen molar-refractivity contribution in [3.63, 3.8) is 0 Å². The van der Waals surface area contributed by atoms with Gasteiger partial charge in [-0.2, -0.15) is 0 Å². The molecule has 2 aromatic carbocycles. The van der Waals surface area contributed by atoms with Crippen molar-refractivity contribution in [2.75, 3.05) is 6.61 Å². The van der Waals surface area contributed by atoms with Crippen LogP contribution in [0, 0.1) is 5.92 Å². The zero-order valence-corrected chi connectivity index (χ0v) is 14.1. The quantitative estimate of drug-likeness (QED) is 0.677. The summed E-state index contributed by atoms with van der Waals surface area (Å²) in [5.74, 6) is 1.90. The molecule has 1 N–H and O–H groups in total. The minimum atomic E-state index is 0.392. The van der Waals surface area contributed by atoms with E-state index in [1.54, 1.807) is 0 Å². The van der Waals surface area contributed by atoms with Crippen molar-refractivity contribution >= 4 is 10.8 Å². The summed E-state index contributed by atoms with van der Waals surface area (Å²) in [4.78, 5) is 0. The van der Waals surface area contributed by atoms with Gasteiger partial charge in [0.2, 0.25) is 0 Å². The van der Waals surface area contributed by atoms with Crippen LogP contribution in [0.25, 0.3) is 10.8 Å². The first-order chi connectivity index (χ1) is 10.7. The van der Waals surface area contributed by atoms with Gasteiger partial charge >= 0.3 is 0 Å². The molecular weight excluding hydrogens is 272 g/mol. The standard InChI is InChI=1S/C20H28O2/c1-4-7-10-15(5-2)14-22-19-13-16(6-3)20(21)18-12-9-8-11-17(18)19/h8-9,11-13,15,21H,4-7,10,14H2,1-3H3. The monoisotopic (exact) mass is 300 g/mol. The number of ether oxygens (including phenoxy) is 1. The highest BCUT2D eigenvalue weighted by molar-refractivity contribution is 5.94. The van der Waals surface area contributed by atoms with E-state index in [0.717, 1.165) is 41.5 Å². The van der Waals surface area contributed by atoms with Gasteiger partial charge in [0, 0.05) is 10.8 Å². The van der Waals surface area contributed by atoms with Gasteiger partial charge in [-0.3, -0.25) is 0 Å². The third kappa shape index (κ3) is 3.73. The van der Waals surface area contributed by atoms with Gasteiger partial charge in [-0.15, -0.1) is 0 Å². The Hall–Kier alpha value is -1.70. The molecule has 2 heteroatoms. The van der Waals surface area contributed by atoms with Crippen LogP contribution in [0.1, 0.15) is 52.0 Å². The molecule has 2 aromatic rings. The lowest BCUT2D eigenvalue weighted by Gasteiger charge is -2.18. The summed E-state index contributed by atoms with van der Waals surface area (Å²) in [7, 11) is 0. The van der Waals surface area contributed by atoms with Gasteiger partial charge in [-0.05, 0) is 30.4 Å². The van der Waals surface area contributed by atoms with Crippen LogP contribution in [0.15, 0.2) is 30.3 Å². The fourth-order valence-corrected chi connectivity index (χ4v) is 2.88. The van der Waals surface area contributed by atoms with E-state index in [2.05, 4.69) is 20.8 Å². The largest absolute Gasteiger partial charge is 0.507 e. The lowest BCUT2D eigenvalue weighted by atomic mass is 10.00. The maximum atomic E-state index is 10.4. The highest BCUT2D eigenvalue weighted by Crippen LogP contribution is 2.36. The topological polar surface area (TPSA) is 29.5 Å². The van der Waals surface area contributed by atoms with Gasteiger partial charge in [0.15, 0.2) is 0 Å². The maximum absolute atomic E-state index is 10.4. The minimum Gasteiger partial charge on any atom is -0.507 e. The Kier molecular flexibility index (Phi) is 6.11. The first-order valence-electron chi connectivity index (χ1n) is 8.57. The molecule has 2 rings (SSSR count). The van der Waals surface area contributed by atoms with Crippen LogP contribution in [-0.2, 0) is 6.42 Å². The van der Waals surface area contributed by atoms with Crippen LogP contribution < -0.4 is 4.74 Å². The number of unbranched alkanes of at least 4 members (excludes halogenated alkanes) is 1. The molecule has 0 radical (unpaired) electrons. The van der Waals surface area contributed by atoms with Crippen molar-refractivity contribution in [1.29, 1.82) is 0 Å². The predicted molar refractivity (Wildman–Crippen MR) is 93.8 cm³/mol. The second-order valence-corrected chi connectivity index (χ2v) is 6.01. The summed E-state index contributed by atoms with van der Waals surface area (Å²) < 4.78 is 6.16. The zero-order chi connectivity index (χ0) is 15.9. The van der Waals surface area contributed by atoms with E-state index in [0.29, 0.717) is 11.7 Å². The number of hydrogen-bond acceptors (Lipinski definition) is 2. The highest BCUT2D eigenvalue weighted by Gasteiger charge is 2.13. The molecule has 0 fully saturated rings. The van der Waals surface area contributed by atoms with Crippen molar-refractivity contribution in [3.05, 3.63) is 35.9 Å². The first-order valence-corrected chi connectivity index (χ1v) is 8.57. The Bertz CT molecular complexity index is 604. The normalized spacial score (nSPS) is 12.5. The van der Waals surface area contributed by atoms with E-state index >= 15 is 0 Å². The van der Waals surface area contributed by atoms with E-state index < -0.39 is 0 Å². The molecule has 2 nitrogen and oxygen atoms in total. The van der Waals surface area contributed by atoms with E-state index in [9.17, 15) is 5.11 Å². The molecule has 0 spiro atoms. The molecule has 0 saturated heterocycles. The van der Waals surface area contributed by atoms with Crippen molar-refractivity contribution < 1.29 is 9.84 Å². The first kappa shape index (κ1) is 16.7. The van der Waals surface area contributed by atoms with Crippen molar-refractivity contribution in [3.8, 4) is 11.5 Å². The molecule has 0 aromatic heterocycles. The average molecular weight is 300 g/mol. The highest BCUT2D eigenvalue weighted by atomic mass is 16.5. The van der Waals surface area contributed by atoms with Gasteiger partial charge < -0.3 is 9.84 Å². The van der Waals surface area contributed by atoms with Gasteiger partial charge in [-0.1, -0.05) is 64.3 Å². The van der Waals surface area contributed by atoms with Gasteiger partial charge in [-0.25, -0.2) is 0 Å². The Morgan fingerprint density at radius 3 is 2.45 bits per heavy atom. The van der Waals surface area contributed by atoms with E-state index in [1.807, 2.05) is 30.3 Å². The third-order valence-electron chi connectivity index (χ3n) is 4.46. The lowest BCUT2D eigenvalue weighted by Crippen LogP contribution is -2.11. The number of hydrogen-bond donors (Lipinski definition) is 1. The number of phenolic OH excluding ortho intramolecular Hbond substituents is 1. The summed E-state index contributed by atoms with van der Waals surface area (Å²) in [6, 6.07) is 9.95. The number of fused-ring (bicyclic) bond motifs is 1. The third-order valence-corrected chi connectivity index (χ3v) is 4.46. The zero-order valence-electron chi connectivity index (χ0n) is 14.1. The van der Waals surface area contributed by atoms with E-state index in [4.69, 9.17) is 4.74 Å². The smallest absolute Gasteiger partial charge is 0.127 e. The van der Waals surface area contributed by atoms with Gasteiger partial charge in [0.1, 0.15) is 11.5 Å². The Morgan fingerprint density at radius 2 is 1.82 bits per heavy atom. The SMILES string of the molecule is CCCCC(CC)COc1cc(CC)c(O)c2ccccc12. The second kappa shape index (κ2) is 8.07. The van der Waals surface area contributed by atoms with Crippen molar-refractivity contribution in [1.82, 2.24) is 0 Å². The molecule has 0 heterocycles. The second-order valence-electron chi connectivity index (χ2n) is 6.01. The van der Waals surface area contributed by atoms with Crippen LogP contribution in [0.5, 0.6) is 11.5 Å². The van der Waals surface area contributed by atoms with Crippen LogP contribution in [0.3, 0.4) is 0 Å². The summed E-state index contributed by atoms with van der Waals surface area (Å²) in [5, 5.41) is 12.2. The number of aryl methyl sites for hydroxylation is 1. The van der Waals surface area contributed by atoms with Gasteiger partial charge in [0.25, 0.3) is 0 Å². The molecule has 0 aliphatic carbocycles. The molecule has 0 bridgehead atoms. The Balaban J connectivity index is 2.25. The fourth-order valence-electron chi connectivity index (χ4n) is 2.88. The fraction of sp³-hybridized carbons (Fsp3) is 0.500. The number of benzene rings is 2. The molecule has 0 saturated carbocycles. The lowest BCUT2D eigenvalue weighted by molar-refractivity contribution is 0.235. The summed E-state index contributed by atoms with van der Waals surface area (Å²) in [5.41, 5.74) is 0.954. The summed E-state index contributed by atoms with van der Waals surface area (Å²) in [6.07, 6.45) is 5.68. The molecule has 1 atom stereocenters. The van der Waals surface area contributed by atoms with Crippen LogP contribution in [-0.4, -0.2) is 11.7 Å². The minimum absolute atomic E-state index is 0.392. The van der Waals surface area contributed by atoms with Crippen LogP contribution in [0.4, 0.5) is 0 Å². The van der Waals surface area contributed by atoms with Crippen molar-refractivity contribution in [2.45, 2.75) is 52.9 Å². The number of aromatic hydroxyl groups is 1.